The number of thiazole rings is 1. The van der Waals surface area contributed by atoms with E-state index in [1.807, 2.05) is 36.6 Å². The van der Waals surface area contributed by atoms with Gasteiger partial charge in [-0.15, -0.1) is 0 Å². The molecule has 0 aliphatic rings. The van der Waals surface area contributed by atoms with Gasteiger partial charge in [-0.3, -0.25) is 4.79 Å². The van der Waals surface area contributed by atoms with Gasteiger partial charge in [-0.2, -0.15) is 4.99 Å². The van der Waals surface area contributed by atoms with E-state index < -0.39 is 0 Å². The summed E-state index contributed by atoms with van der Waals surface area (Å²) < 4.78 is 19.3. The van der Waals surface area contributed by atoms with Crippen molar-refractivity contribution < 1.29 is 19.0 Å². The highest BCUT2D eigenvalue weighted by Gasteiger charge is 2.13. The third kappa shape index (κ3) is 4.43. The van der Waals surface area contributed by atoms with E-state index >= 15 is 0 Å². The predicted molar refractivity (Wildman–Crippen MR) is 110 cm³/mol. The third-order valence-corrected chi connectivity index (χ3v) is 5.12. The Labute approximate surface area is 168 Å². The number of ether oxygens (including phenoxy) is 3. The molecule has 0 saturated carbocycles. The average molecular weight is 401 g/mol. The van der Waals surface area contributed by atoms with Crippen LogP contribution >= 0.6 is 11.3 Å². The summed E-state index contributed by atoms with van der Waals surface area (Å²) in [5, 5.41) is 0. The number of aromatic nitrogens is 1. The van der Waals surface area contributed by atoms with Gasteiger partial charge in [-0.1, -0.05) is 17.4 Å². The van der Waals surface area contributed by atoms with E-state index in [2.05, 4.69) is 4.99 Å². The smallest absolute Gasteiger partial charge is 0.279 e. The van der Waals surface area contributed by atoms with Crippen molar-refractivity contribution >= 4 is 27.5 Å². The molecule has 0 N–H and O–H groups in total. The number of hydrogen-bond acceptors (Lipinski definition) is 5. The fourth-order valence-corrected chi connectivity index (χ4v) is 3.91. The first-order valence-electron chi connectivity index (χ1n) is 9.04. The molecule has 3 rings (SSSR count). The normalized spacial score (nSPS) is 12.0. The predicted octanol–water partition coefficient (Wildman–Crippen LogP) is 3.89. The fourth-order valence-electron chi connectivity index (χ4n) is 2.84. The van der Waals surface area contributed by atoms with Gasteiger partial charge in [0, 0.05) is 19.2 Å². The Morgan fingerprint density at radius 2 is 1.89 bits per heavy atom. The minimum absolute atomic E-state index is 0.0829. The zero-order valence-corrected chi connectivity index (χ0v) is 17.3. The van der Waals surface area contributed by atoms with E-state index in [1.165, 1.54) is 11.3 Å². The van der Waals surface area contributed by atoms with Gasteiger partial charge in [0.05, 0.1) is 24.5 Å². The van der Waals surface area contributed by atoms with Gasteiger partial charge in [0.15, 0.2) is 4.80 Å². The van der Waals surface area contributed by atoms with Crippen molar-refractivity contribution in [1.29, 1.82) is 0 Å². The molecule has 0 spiro atoms. The maximum Gasteiger partial charge on any atom is 0.279 e. The molecule has 0 aliphatic heterocycles. The van der Waals surface area contributed by atoms with Crippen LogP contribution in [0, 0.1) is 0 Å². The molecule has 1 aromatic heterocycles. The second kappa shape index (κ2) is 9.03. The maximum absolute atomic E-state index is 12.7. The average Bonchev–Trinajstić information content (AvgIpc) is 3.03. The summed E-state index contributed by atoms with van der Waals surface area (Å²) in [5.41, 5.74) is 1.43. The van der Waals surface area contributed by atoms with Crippen molar-refractivity contribution in [2.75, 3.05) is 20.8 Å². The molecule has 28 heavy (non-hydrogen) atoms. The highest BCUT2D eigenvalue weighted by molar-refractivity contribution is 7.16. The number of methoxy groups -OCH3 is 2. The van der Waals surface area contributed by atoms with Crippen LogP contribution in [0.15, 0.2) is 47.5 Å². The molecule has 7 heteroatoms. The van der Waals surface area contributed by atoms with E-state index in [9.17, 15) is 4.79 Å². The first-order valence-corrected chi connectivity index (χ1v) is 9.86. The zero-order chi connectivity index (χ0) is 20.1. The Balaban J connectivity index is 2.01. The number of para-hydroxylation sites is 1. The van der Waals surface area contributed by atoms with E-state index in [0.29, 0.717) is 23.5 Å². The van der Waals surface area contributed by atoms with Crippen LogP contribution in [0.2, 0.25) is 0 Å². The summed E-state index contributed by atoms with van der Waals surface area (Å²) in [6, 6.07) is 12.9. The van der Waals surface area contributed by atoms with Gasteiger partial charge < -0.3 is 18.8 Å². The van der Waals surface area contributed by atoms with Gasteiger partial charge in [-0.25, -0.2) is 0 Å². The summed E-state index contributed by atoms with van der Waals surface area (Å²) in [7, 11) is 3.28. The monoisotopic (exact) mass is 400 g/mol. The summed E-state index contributed by atoms with van der Waals surface area (Å²) in [5.74, 6) is 1.18. The molecule has 0 bridgehead atoms. The Morgan fingerprint density at radius 1 is 1.14 bits per heavy atom. The van der Waals surface area contributed by atoms with E-state index in [1.54, 1.807) is 38.5 Å². The quantitative estimate of drug-likeness (QED) is 0.604. The summed E-state index contributed by atoms with van der Waals surface area (Å²) in [6.45, 7) is 5.00. The summed E-state index contributed by atoms with van der Waals surface area (Å²) in [6.07, 6.45) is 0.0829. The Kier molecular flexibility index (Phi) is 6.49. The van der Waals surface area contributed by atoms with Crippen LogP contribution in [-0.4, -0.2) is 37.4 Å². The van der Waals surface area contributed by atoms with Crippen LogP contribution in [0.5, 0.6) is 11.5 Å². The van der Waals surface area contributed by atoms with Gasteiger partial charge >= 0.3 is 0 Å². The molecule has 0 aliphatic carbocycles. The minimum atomic E-state index is -0.298. The molecule has 3 aromatic rings. The van der Waals surface area contributed by atoms with Crippen LogP contribution in [0.3, 0.4) is 0 Å². The topological polar surface area (TPSA) is 62.1 Å². The largest absolute Gasteiger partial charge is 0.495 e. The number of hydrogen-bond donors (Lipinski definition) is 0. The molecular formula is C21H24N2O4S. The second-order valence-corrected chi connectivity index (χ2v) is 7.45. The van der Waals surface area contributed by atoms with Crippen LogP contribution in [0.1, 0.15) is 24.2 Å². The Bertz CT molecular complexity index is 1020. The molecule has 1 heterocycles. The van der Waals surface area contributed by atoms with Crippen molar-refractivity contribution in [3.05, 3.63) is 52.8 Å². The fraction of sp³-hybridized carbons (Fsp3) is 0.333. The van der Waals surface area contributed by atoms with Crippen LogP contribution in [0.25, 0.3) is 10.2 Å². The van der Waals surface area contributed by atoms with E-state index in [0.717, 1.165) is 21.7 Å². The molecular weight excluding hydrogens is 376 g/mol. The summed E-state index contributed by atoms with van der Waals surface area (Å²) in [4.78, 5) is 17.7. The van der Waals surface area contributed by atoms with Crippen molar-refractivity contribution in [3.8, 4) is 11.5 Å². The van der Waals surface area contributed by atoms with Gasteiger partial charge in [-0.05, 0) is 50.2 Å². The molecule has 148 valence electrons. The van der Waals surface area contributed by atoms with Crippen LogP contribution in [-0.2, 0) is 11.3 Å². The molecule has 2 aromatic carbocycles. The van der Waals surface area contributed by atoms with Crippen molar-refractivity contribution in [3.63, 3.8) is 0 Å². The Morgan fingerprint density at radius 3 is 2.54 bits per heavy atom. The standard InChI is InChI=1S/C21H24N2O4S/c1-14(2)27-16-10-8-15(9-11-16)20(24)22-21-23(12-13-25-3)19-17(26-4)6-5-7-18(19)28-21/h5-11,14H,12-13H2,1-4H3. The van der Waals surface area contributed by atoms with Crippen molar-refractivity contribution in [2.24, 2.45) is 4.99 Å². The van der Waals surface area contributed by atoms with Crippen LogP contribution < -0.4 is 14.3 Å². The molecule has 0 unspecified atom stereocenters. The lowest BCUT2D eigenvalue weighted by Crippen LogP contribution is -2.19. The first-order chi connectivity index (χ1) is 13.5. The number of carbonyl (C=O) groups excluding carboxylic acids is 1. The number of fused-ring (bicyclic) bond motifs is 1. The van der Waals surface area contributed by atoms with Crippen molar-refractivity contribution in [2.45, 2.75) is 26.5 Å². The highest BCUT2D eigenvalue weighted by Crippen LogP contribution is 2.27. The number of carbonyl (C=O) groups is 1. The molecule has 0 fully saturated rings. The number of rotatable bonds is 7. The third-order valence-electron chi connectivity index (χ3n) is 4.07. The lowest BCUT2D eigenvalue weighted by atomic mass is 10.2. The highest BCUT2D eigenvalue weighted by atomic mass is 32.1. The van der Waals surface area contributed by atoms with Gasteiger partial charge in [0.2, 0.25) is 0 Å². The van der Waals surface area contributed by atoms with Crippen LogP contribution in [0.4, 0.5) is 0 Å². The molecule has 0 saturated heterocycles. The van der Waals surface area contributed by atoms with E-state index in [-0.39, 0.29) is 12.0 Å². The lowest BCUT2D eigenvalue weighted by molar-refractivity contribution is 0.0997. The van der Waals surface area contributed by atoms with Gasteiger partial charge in [0.1, 0.15) is 17.0 Å². The molecule has 0 atom stereocenters. The SMILES string of the molecule is COCCn1c(=NC(=O)c2ccc(OC(C)C)cc2)sc2cccc(OC)c21. The molecule has 6 nitrogen and oxygen atoms in total. The number of benzene rings is 2. The molecule has 1 amide bonds. The minimum Gasteiger partial charge on any atom is -0.495 e. The molecule has 0 radical (unpaired) electrons. The maximum atomic E-state index is 12.7. The number of nitrogens with zero attached hydrogens (tertiary/aromatic N) is 2. The lowest BCUT2D eigenvalue weighted by Gasteiger charge is -2.09. The van der Waals surface area contributed by atoms with E-state index in [4.69, 9.17) is 14.2 Å². The zero-order valence-electron chi connectivity index (χ0n) is 16.5. The van der Waals surface area contributed by atoms with Gasteiger partial charge in [0.25, 0.3) is 5.91 Å². The second-order valence-electron chi connectivity index (χ2n) is 6.44. The summed E-state index contributed by atoms with van der Waals surface area (Å²) >= 11 is 1.45. The van der Waals surface area contributed by atoms with Crippen molar-refractivity contribution in [1.82, 2.24) is 4.57 Å². The first kappa shape index (κ1) is 20.1. The number of amides is 1. The Hall–Kier alpha value is -2.64.